The highest BCUT2D eigenvalue weighted by atomic mass is 32.2. The second-order valence-corrected chi connectivity index (χ2v) is 6.72. The van der Waals surface area contributed by atoms with Gasteiger partial charge in [-0.3, -0.25) is 4.21 Å². The lowest BCUT2D eigenvalue weighted by atomic mass is 10.1. The van der Waals surface area contributed by atoms with Crippen molar-refractivity contribution in [3.05, 3.63) is 30.1 Å². The fraction of sp³-hybridized carbons (Fsp3) is 0.357. The van der Waals surface area contributed by atoms with E-state index in [-0.39, 0.29) is 11.6 Å². The van der Waals surface area contributed by atoms with Crippen LogP contribution in [0.4, 0.5) is 5.82 Å². The molecule has 1 aromatic heterocycles. The molecule has 0 unspecified atom stereocenters. The summed E-state index contributed by atoms with van der Waals surface area (Å²) in [7, 11) is -0.692. The van der Waals surface area contributed by atoms with Gasteiger partial charge in [-0.05, 0) is 31.0 Å². The van der Waals surface area contributed by atoms with Crippen LogP contribution in [0.25, 0.3) is 10.9 Å². The molecule has 0 spiro atoms. The summed E-state index contributed by atoms with van der Waals surface area (Å²) in [6.45, 7) is 0. The SMILES string of the molecule is O=C(O)c1ccc2c(NC3CCS(=O)CC3)ncnc2c1. The summed E-state index contributed by atoms with van der Waals surface area (Å²) in [5, 5.41) is 13.2. The van der Waals surface area contributed by atoms with Crippen molar-refractivity contribution < 1.29 is 14.1 Å². The summed E-state index contributed by atoms with van der Waals surface area (Å²) in [6.07, 6.45) is 3.13. The fourth-order valence-electron chi connectivity index (χ4n) is 2.44. The Balaban J connectivity index is 1.88. The molecule has 3 rings (SSSR count). The zero-order chi connectivity index (χ0) is 14.8. The number of benzene rings is 1. The third-order valence-corrected chi connectivity index (χ3v) is 4.99. The third kappa shape index (κ3) is 3.02. The van der Waals surface area contributed by atoms with Gasteiger partial charge in [0.15, 0.2) is 0 Å². The van der Waals surface area contributed by atoms with E-state index in [4.69, 9.17) is 5.11 Å². The maximum atomic E-state index is 11.4. The van der Waals surface area contributed by atoms with Gasteiger partial charge in [-0.15, -0.1) is 0 Å². The van der Waals surface area contributed by atoms with Crippen molar-refractivity contribution in [1.82, 2.24) is 9.97 Å². The predicted molar refractivity (Wildman–Crippen MR) is 81.0 cm³/mol. The maximum Gasteiger partial charge on any atom is 0.335 e. The molecule has 1 aromatic carbocycles. The first-order valence-corrected chi connectivity index (χ1v) is 8.22. The van der Waals surface area contributed by atoms with Crippen LogP contribution in [-0.4, -0.2) is 42.8 Å². The topological polar surface area (TPSA) is 92.2 Å². The van der Waals surface area contributed by atoms with Crippen LogP contribution in [0.15, 0.2) is 24.5 Å². The van der Waals surface area contributed by atoms with Gasteiger partial charge in [0.05, 0.1) is 11.1 Å². The number of aromatic carboxylic acids is 1. The molecule has 0 amide bonds. The first-order chi connectivity index (χ1) is 10.1. The second-order valence-electron chi connectivity index (χ2n) is 5.03. The van der Waals surface area contributed by atoms with Crippen molar-refractivity contribution in [1.29, 1.82) is 0 Å². The molecule has 0 saturated carbocycles. The standard InChI is InChI=1S/C14H15N3O3S/c18-14(19)9-1-2-11-12(7-9)15-8-16-13(11)17-10-3-5-21(20)6-4-10/h1-2,7-8,10H,3-6H2,(H,18,19)(H,15,16,17). The maximum absolute atomic E-state index is 11.4. The number of nitrogens with one attached hydrogen (secondary N) is 1. The lowest BCUT2D eigenvalue weighted by molar-refractivity contribution is 0.0697. The number of carbonyl (C=O) groups is 1. The van der Waals surface area contributed by atoms with Crippen molar-refractivity contribution in [2.24, 2.45) is 0 Å². The van der Waals surface area contributed by atoms with Crippen LogP contribution >= 0.6 is 0 Å². The molecule has 0 atom stereocenters. The first kappa shape index (κ1) is 13.9. The summed E-state index contributed by atoms with van der Waals surface area (Å²) in [5.74, 6) is 1.16. The van der Waals surface area contributed by atoms with Gasteiger partial charge in [0.25, 0.3) is 0 Å². The summed E-state index contributed by atoms with van der Waals surface area (Å²) >= 11 is 0. The molecule has 0 bridgehead atoms. The van der Waals surface area contributed by atoms with E-state index in [1.54, 1.807) is 18.2 Å². The van der Waals surface area contributed by atoms with E-state index in [1.165, 1.54) is 6.33 Å². The molecule has 1 aliphatic heterocycles. The van der Waals surface area contributed by atoms with Crippen LogP contribution in [0.1, 0.15) is 23.2 Å². The zero-order valence-corrected chi connectivity index (χ0v) is 12.1. The molecule has 1 fully saturated rings. The highest BCUT2D eigenvalue weighted by molar-refractivity contribution is 7.85. The molecular weight excluding hydrogens is 290 g/mol. The van der Waals surface area contributed by atoms with Crippen molar-refractivity contribution in [2.75, 3.05) is 16.8 Å². The van der Waals surface area contributed by atoms with Crippen molar-refractivity contribution in [2.45, 2.75) is 18.9 Å². The number of hydrogen-bond donors (Lipinski definition) is 2. The minimum atomic E-state index is -0.972. The average molecular weight is 305 g/mol. The van der Waals surface area contributed by atoms with Crippen molar-refractivity contribution >= 4 is 33.5 Å². The highest BCUT2D eigenvalue weighted by Gasteiger charge is 2.19. The predicted octanol–water partition coefficient (Wildman–Crippen LogP) is 1.65. The number of fused-ring (bicyclic) bond motifs is 1. The van der Waals surface area contributed by atoms with Gasteiger partial charge in [-0.1, -0.05) is 0 Å². The molecule has 7 heteroatoms. The number of nitrogens with zero attached hydrogens (tertiary/aromatic N) is 2. The first-order valence-electron chi connectivity index (χ1n) is 6.73. The molecular formula is C14H15N3O3S. The molecule has 0 radical (unpaired) electrons. The number of carboxylic acid groups (broad SMARTS) is 1. The van der Waals surface area contributed by atoms with Crippen molar-refractivity contribution in [3.63, 3.8) is 0 Å². The van der Waals surface area contributed by atoms with Crippen LogP contribution in [0, 0.1) is 0 Å². The van der Waals surface area contributed by atoms with Gasteiger partial charge in [0.1, 0.15) is 12.1 Å². The third-order valence-electron chi connectivity index (χ3n) is 3.61. The molecule has 0 aliphatic carbocycles. The van der Waals surface area contributed by atoms with E-state index in [0.717, 1.165) is 18.2 Å². The fourth-order valence-corrected chi connectivity index (χ4v) is 3.74. The molecule has 1 saturated heterocycles. The Hall–Kier alpha value is -2.02. The lowest BCUT2D eigenvalue weighted by Gasteiger charge is -2.23. The normalized spacial score (nSPS) is 22.1. The second kappa shape index (κ2) is 5.77. The van der Waals surface area contributed by atoms with Gasteiger partial charge < -0.3 is 10.4 Å². The van der Waals surface area contributed by atoms with Crippen LogP contribution in [-0.2, 0) is 10.8 Å². The van der Waals surface area contributed by atoms with Crippen LogP contribution < -0.4 is 5.32 Å². The number of carboxylic acids is 1. The molecule has 1 aliphatic rings. The van der Waals surface area contributed by atoms with Gasteiger partial charge in [0.2, 0.25) is 0 Å². The summed E-state index contributed by atoms with van der Waals surface area (Å²) < 4.78 is 11.4. The van der Waals surface area contributed by atoms with Crippen molar-refractivity contribution in [3.8, 4) is 0 Å². The Bertz CT molecular complexity index is 710. The Labute approximate surface area is 124 Å². The molecule has 2 N–H and O–H groups in total. The van der Waals surface area contributed by atoms with Gasteiger partial charge in [-0.2, -0.15) is 0 Å². The monoisotopic (exact) mass is 305 g/mol. The highest BCUT2D eigenvalue weighted by Crippen LogP contribution is 2.23. The smallest absolute Gasteiger partial charge is 0.335 e. The van der Waals surface area contributed by atoms with E-state index >= 15 is 0 Å². The van der Waals surface area contributed by atoms with E-state index in [9.17, 15) is 9.00 Å². The molecule has 2 aromatic rings. The Kier molecular flexibility index (Phi) is 3.83. The molecule has 6 nitrogen and oxygen atoms in total. The minimum absolute atomic E-state index is 0.209. The van der Waals surface area contributed by atoms with Crippen LogP contribution in [0.3, 0.4) is 0 Å². The molecule has 21 heavy (non-hydrogen) atoms. The van der Waals surface area contributed by atoms with Gasteiger partial charge in [0, 0.05) is 33.7 Å². The number of anilines is 1. The number of rotatable bonds is 3. The van der Waals surface area contributed by atoms with E-state index in [2.05, 4.69) is 15.3 Å². The van der Waals surface area contributed by atoms with Gasteiger partial charge in [-0.25, -0.2) is 14.8 Å². The average Bonchev–Trinajstić information content (AvgIpc) is 2.49. The summed E-state index contributed by atoms with van der Waals surface area (Å²) in [5.41, 5.74) is 0.812. The van der Waals surface area contributed by atoms with Gasteiger partial charge >= 0.3 is 5.97 Å². The van der Waals surface area contributed by atoms with Crippen LogP contribution in [0.5, 0.6) is 0 Å². The summed E-state index contributed by atoms with van der Waals surface area (Å²) in [4.78, 5) is 19.4. The number of hydrogen-bond acceptors (Lipinski definition) is 5. The quantitative estimate of drug-likeness (QED) is 0.896. The van der Waals surface area contributed by atoms with E-state index in [1.807, 2.05) is 0 Å². The Morgan fingerprint density at radius 3 is 2.76 bits per heavy atom. The van der Waals surface area contributed by atoms with E-state index < -0.39 is 16.8 Å². The Morgan fingerprint density at radius 1 is 1.29 bits per heavy atom. The van der Waals surface area contributed by atoms with E-state index in [0.29, 0.717) is 22.8 Å². The summed E-state index contributed by atoms with van der Waals surface area (Å²) in [6, 6.07) is 5.07. The molecule has 110 valence electrons. The Morgan fingerprint density at radius 2 is 2.05 bits per heavy atom. The molecule has 2 heterocycles. The zero-order valence-electron chi connectivity index (χ0n) is 11.3. The minimum Gasteiger partial charge on any atom is -0.478 e. The van der Waals surface area contributed by atoms with Crippen LogP contribution in [0.2, 0.25) is 0 Å². The number of aromatic nitrogens is 2. The largest absolute Gasteiger partial charge is 0.478 e. The lowest BCUT2D eigenvalue weighted by Crippen LogP contribution is -2.29.